The van der Waals surface area contributed by atoms with Crippen molar-refractivity contribution in [2.24, 2.45) is 0 Å². The van der Waals surface area contributed by atoms with Crippen LogP contribution in [0.25, 0.3) is 11.3 Å². The minimum Gasteiger partial charge on any atom is -0.504 e. The maximum atomic E-state index is 9.58. The Hall–Kier alpha value is -2.64. The molecule has 2 aromatic carbocycles. The van der Waals surface area contributed by atoms with Gasteiger partial charge in [0.2, 0.25) is 0 Å². The Morgan fingerprint density at radius 3 is 2.93 bits per heavy atom. The van der Waals surface area contributed by atoms with E-state index in [1.165, 1.54) is 17.4 Å². The van der Waals surface area contributed by atoms with Gasteiger partial charge in [0.05, 0.1) is 17.9 Å². The van der Waals surface area contributed by atoms with Gasteiger partial charge >= 0.3 is 0 Å². The van der Waals surface area contributed by atoms with Crippen molar-refractivity contribution in [1.82, 2.24) is 4.98 Å². The topological polar surface area (TPSA) is 77.9 Å². The third kappa shape index (κ3) is 3.81. The van der Waals surface area contributed by atoms with Crippen LogP contribution in [0.2, 0.25) is 5.02 Å². The zero-order valence-electron chi connectivity index (χ0n) is 15.3. The van der Waals surface area contributed by atoms with Gasteiger partial charge in [0.25, 0.3) is 0 Å². The molecule has 4 rings (SSSR count). The average molecular weight is 418 g/mol. The molecule has 0 fully saturated rings. The predicted molar refractivity (Wildman–Crippen MR) is 113 cm³/mol. The molecule has 0 saturated carbocycles. The highest BCUT2D eigenvalue weighted by Gasteiger charge is 2.22. The third-order valence-corrected chi connectivity index (χ3v) is 5.65. The quantitative estimate of drug-likeness (QED) is 0.535. The number of likely N-dealkylation sites (N-methyl/N-ethyl adjacent to an activating group) is 1. The summed E-state index contributed by atoms with van der Waals surface area (Å²) in [6.07, 6.45) is 0.698. The lowest BCUT2D eigenvalue weighted by Gasteiger charge is -2.29. The number of benzene rings is 2. The van der Waals surface area contributed by atoms with Crippen LogP contribution in [0.4, 0.5) is 10.8 Å². The second-order valence-electron chi connectivity index (χ2n) is 6.61. The number of phenolic OH excluding ortho intramolecular Hbond substituents is 2. The number of nitrogens with zero attached hydrogens (tertiary/aromatic N) is 2. The lowest BCUT2D eigenvalue weighted by molar-refractivity contribution is 0.312. The Morgan fingerprint density at radius 2 is 2.11 bits per heavy atom. The Morgan fingerprint density at radius 1 is 1.25 bits per heavy atom. The normalized spacial score (nSPS) is 13.1. The van der Waals surface area contributed by atoms with Crippen molar-refractivity contribution in [3.63, 3.8) is 0 Å². The SMILES string of the molecule is CN1CCOc2c(-c3csc(NCCc4ccc(O)c(O)c4)n3)cc(Cl)cc21. The number of aromatic nitrogens is 1. The van der Waals surface area contributed by atoms with Crippen LogP contribution in [0, 0.1) is 0 Å². The molecule has 1 aliphatic rings. The highest BCUT2D eigenvalue weighted by molar-refractivity contribution is 7.14. The molecule has 1 aliphatic heterocycles. The van der Waals surface area contributed by atoms with Gasteiger partial charge in [0, 0.05) is 29.6 Å². The lowest BCUT2D eigenvalue weighted by Crippen LogP contribution is -2.29. The van der Waals surface area contributed by atoms with Crippen LogP contribution in [0.1, 0.15) is 5.56 Å². The van der Waals surface area contributed by atoms with Crippen LogP contribution in [0.3, 0.4) is 0 Å². The van der Waals surface area contributed by atoms with Gasteiger partial charge in [0.15, 0.2) is 22.4 Å². The van der Waals surface area contributed by atoms with E-state index >= 15 is 0 Å². The number of rotatable bonds is 5. The fourth-order valence-electron chi connectivity index (χ4n) is 3.13. The summed E-state index contributed by atoms with van der Waals surface area (Å²) in [5.41, 5.74) is 3.62. The van der Waals surface area contributed by atoms with Crippen molar-refractivity contribution >= 4 is 33.8 Å². The summed E-state index contributed by atoms with van der Waals surface area (Å²) in [4.78, 5) is 6.81. The first-order valence-corrected chi connectivity index (χ1v) is 10.1. The van der Waals surface area contributed by atoms with Crippen LogP contribution >= 0.6 is 22.9 Å². The van der Waals surface area contributed by atoms with E-state index in [0.29, 0.717) is 24.6 Å². The molecule has 0 amide bonds. The Labute approximate surface area is 172 Å². The molecule has 0 aliphatic carbocycles. The van der Waals surface area contributed by atoms with E-state index in [1.807, 2.05) is 24.6 Å². The molecule has 0 unspecified atom stereocenters. The molecule has 3 aromatic rings. The predicted octanol–water partition coefficient (Wildman–Crippen LogP) is 4.36. The summed E-state index contributed by atoms with van der Waals surface area (Å²) in [6.45, 7) is 2.11. The van der Waals surface area contributed by atoms with Gasteiger partial charge in [-0.1, -0.05) is 17.7 Å². The Kier molecular flexibility index (Phi) is 5.19. The van der Waals surface area contributed by atoms with Gasteiger partial charge in [-0.25, -0.2) is 4.98 Å². The van der Waals surface area contributed by atoms with Gasteiger partial charge in [0.1, 0.15) is 6.61 Å². The van der Waals surface area contributed by atoms with Crippen molar-refractivity contribution in [3.8, 4) is 28.5 Å². The van der Waals surface area contributed by atoms with Gasteiger partial charge in [-0.3, -0.25) is 0 Å². The fraction of sp³-hybridized carbons (Fsp3) is 0.250. The summed E-state index contributed by atoms with van der Waals surface area (Å²) in [5, 5.41) is 25.7. The molecule has 0 saturated heterocycles. The number of ether oxygens (including phenoxy) is 1. The molecule has 0 radical (unpaired) electrons. The van der Waals surface area contributed by atoms with Crippen molar-refractivity contribution in [2.45, 2.75) is 6.42 Å². The third-order valence-electron chi connectivity index (χ3n) is 4.63. The van der Waals surface area contributed by atoms with Gasteiger partial charge < -0.3 is 25.2 Å². The summed E-state index contributed by atoms with van der Waals surface area (Å²) in [5.74, 6) is 0.596. The largest absolute Gasteiger partial charge is 0.504 e. The number of hydrogen-bond donors (Lipinski definition) is 3. The van der Waals surface area contributed by atoms with Crippen LogP contribution in [0.15, 0.2) is 35.7 Å². The number of fused-ring (bicyclic) bond motifs is 1. The second-order valence-corrected chi connectivity index (χ2v) is 7.90. The first-order valence-electron chi connectivity index (χ1n) is 8.89. The van der Waals surface area contributed by atoms with E-state index in [-0.39, 0.29) is 11.5 Å². The van der Waals surface area contributed by atoms with Gasteiger partial charge in [-0.05, 0) is 36.2 Å². The monoisotopic (exact) mass is 417 g/mol. The minimum atomic E-state index is -0.112. The summed E-state index contributed by atoms with van der Waals surface area (Å²) < 4.78 is 5.90. The van der Waals surface area contributed by atoms with E-state index < -0.39 is 0 Å². The molecule has 6 nitrogen and oxygen atoms in total. The van der Waals surface area contributed by atoms with E-state index in [0.717, 1.165) is 39.9 Å². The Balaban J connectivity index is 1.48. The van der Waals surface area contributed by atoms with Crippen molar-refractivity contribution < 1.29 is 14.9 Å². The second kappa shape index (κ2) is 7.77. The molecule has 8 heteroatoms. The molecule has 146 valence electrons. The van der Waals surface area contributed by atoms with E-state index in [9.17, 15) is 10.2 Å². The van der Waals surface area contributed by atoms with Gasteiger partial charge in [-0.15, -0.1) is 11.3 Å². The number of nitrogens with one attached hydrogen (secondary N) is 1. The van der Waals surface area contributed by atoms with Crippen LogP contribution in [-0.2, 0) is 6.42 Å². The zero-order valence-corrected chi connectivity index (χ0v) is 16.8. The number of phenols is 2. The number of thiazole rings is 1. The number of anilines is 2. The molecule has 0 atom stereocenters. The maximum Gasteiger partial charge on any atom is 0.183 e. The minimum absolute atomic E-state index is 0.107. The van der Waals surface area contributed by atoms with E-state index in [4.69, 9.17) is 16.3 Å². The van der Waals surface area contributed by atoms with E-state index in [1.54, 1.807) is 12.1 Å². The molecule has 0 spiro atoms. The van der Waals surface area contributed by atoms with Crippen molar-refractivity contribution in [2.75, 3.05) is 37.0 Å². The summed E-state index contributed by atoms with van der Waals surface area (Å²) in [7, 11) is 2.02. The van der Waals surface area contributed by atoms with Crippen LogP contribution in [-0.4, -0.2) is 41.9 Å². The first-order chi connectivity index (χ1) is 13.5. The maximum absolute atomic E-state index is 9.58. The number of aromatic hydroxyl groups is 2. The molecular weight excluding hydrogens is 398 g/mol. The highest BCUT2D eigenvalue weighted by Crippen LogP contribution is 2.43. The van der Waals surface area contributed by atoms with E-state index in [2.05, 4.69) is 15.2 Å². The van der Waals surface area contributed by atoms with Crippen molar-refractivity contribution in [1.29, 1.82) is 0 Å². The molecular formula is C20H20ClN3O3S. The Bertz CT molecular complexity index is 1010. The highest BCUT2D eigenvalue weighted by atomic mass is 35.5. The zero-order chi connectivity index (χ0) is 19.7. The summed E-state index contributed by atoms with van der Waals surface area (Å²) >= 11 is 7.84. The van der Waals surface area contributed by atoms with Crippen LogP contribution < -0.4 is 15.0 Å². The molecule has 0 bridgehead atoms. The average Bonchev–Trinajstić information content (AvgIpc) is 3.14. The van der Waals surface area contributed by atoms with Crippen LogP contribution in [0.5, 0.6) is 17.2 Å². The van der Waals surface area contributed by atoms with Gasteiger partial charge in [-0.2, -0.15) is 0 Å². The fourth-order valence-corrected chi connectivity index (χ4v) is 4.08. The van der Waals surface area contributed by atoms with Crippen molar-refractivity contribution in [3.05, 3.63) is 46.3 Å². The number of halogens is 1. The molecule has 2 heterocycles. The molecule has 3 N–H and O–H groups in total. The standard InChI is InChI=1S/C20H20ClN3O3S/c1-24-6-7-27-19-14(9-13(21)10-16(19)24)15-11-28-20(23-15)22-5-4-12-2-3-17(25)18(26)8-12/h2-3,8-11,25-26H,4-7H2,1H3,(H,22,23). The molecule has 28 heavy (non-hydrogen) atoms. The summed E-state index contributed by atoms with van der Waals surface area (Å²) in [6, 6.07) is 8.65. The molecule has 1 aromatic heterocycles. The first kappa shape index (κ1) is 18.7. The smallest absolute Gasteiger partial charge is 0.183 e. The lowest BCUT2D eigenvalue weighted by atomic mass is 10.1. The number of hydrogen-bond acceptors (Lipinski definition) is 7.